The Morgan fingerprint density at radius 3 is 1.86 bits per heavy atom. The molecule has 0 aromatic heterocycles. The van der Waals surface area contributed by atoms with Crippen LogP contribution in [0.25, 0.3) is 0 Å². The predicted molar refractivity (Wildman–Crippen MR) is 87.6 cm³/mol. The summed E-state index contributed by atoms with van der Waals surface area (Å²) in [5.74, 6) is 0.164. The third-order valence-corrected chi connectivity index (χ3v) is 3.14. The number of esters is 1. The summed E-state index contributed by atoms with van der Waals surface area (Å²) < 4.78 is 5.34. The van der Waals surface area contributed by atoms with E-state index in [-0.39, 0.29) is 5.97 Å². The molecular weight excluding hydrogens is 274 g/mol. The summed E-state index contributed by atoms with van der Waals surface area (Å²) in [5.41, 5.74) is 2.48. The molecule has 1 N–H and O–H groups in total. The van der Waals surface area contributed by atoms with Crippen molar-refractivity contribution in [3.05, 3.63) is 90.5 Å². The Balaban J connectivity index is 1.66. The van der Waals surface area contributed by atoms with Crippen LogP contribution in [0.5, 0.6) is 5.75 Å². The van der Waals surface area contributed by atoms with E-state index in [1.165, 1.54) is 0 Å². The van der Waals surface area contributed by atoms with E-state index in [1.807, 2.05) is 60.7 Å². The van der Waals surface area contributed by atoms with Crippen molar-refractivity contribution < 1.29 is 9.53 Å². The molecule has 0 bridgehead atoms. The first-order valence-corrected chi connectivity index (χ1v) is 7.01. The molecule has 0 saturated carbocycles. The second kappa shape index (κ2) is 6.59. The molecule has 0 spiro atoms. The van der Waals surface area contributed by atoms with Crippen LogP contribution in [0.4, 0.5) is 11.4 Å². The second-order valence-corrected chi connectivity index (χ2v) is 4.77. The van der Waals surface area contributed by atoms with Crippen molar-refractivity contribution in [3.8, 4) is 5.75 Å². The largest absolute Gasteiger partial charge is 0.423 e. The van der Waals surface area contributed by atoms with Gasteiger partial charge in [-0.15, -0.1) is 0 Å². The van der Waals surface area contributed by atoms with Crippen molar-refractivity contribution >= 4 is 17.3 Å². The van der Waals surface area contributed by atoms with Crippen LogP contribution < -0.4 is 10.1 Å². The lowest BCUT2D eigenvalue weighted by Crippen LogP contribution is -2.07. The number of ether oxygens (including phenoxy) is 1. The molecule has 0 amide bonds. The first kappa shape index (κ1) is 13.9. The number of carbonyl (C=O) groups is 1. The summed E-state index contributed by atoms with van der Waals surface area (Å²) in [4.78, 5) is 12.0. The van der Waals surface area contributed by atoms with Gasteiger partial charge in [0.2, 0.25) is 0 Å². The summed E-state index contributed by atoms with van der Waals surface area (Å²) in [6.45, 7) is 0. The van der Waals surface area contributed by atoms with Gasteiger partial charge in [-0.2, -0.15) is 0 Å². The third kappa shape index (κ3) is 3.52. The average Bonchev–Trinajstić information content (AvgIpc) is 2.58. The van der Waals surface area contributed by atoms with Crippen LogP contribution in [0, 0.1) is 0 Å². The quantitative estimate of drug-likeness (QED) is 0.561. The number of hydrogen-bond donors (Lipinski definition) is 1. The standard InChI is InChI=1S/C19H15NO2/c21-19(15-7-3-1-4-8-15)22-18-13-11-17(12-14-18)20-16-9-5-2-6-10-16/h1-14,20H. The van der Waals surface area contributed by atoms with Crippen LogP contribution >= 0.6 is 0 Å². The van der Waals surface area contributed by atoms with Crippen molar-refractivity contribution in [2.45, 2.75) is 0 Å². The summed E-state index contributed by atoms with van der Waals surface area (Å²) in [5, 5.41) is 3.28. The minimum Gasteiger partial charge on any atom is -0.423 e. The monoisotopic (exact) mass is 289 g/mol. The highest BCUT2D eigenvalue weighted by Gasteiger charge is 2.07. The van der Waals surface area contributed by atoms with Gasteiger partial charge >= 0.3 is 5.97 Å². The van der Waals surface area contributed by atoms with Gasteiger partial charge in [-0.3, -0.25) is 0 Å². The normalized spacial score (nSPS) is 10.0. The molecule has 3 rings (SSSR count). The van der Waals surface area contributed by atoms with Gasteiger partial charge in [0.25, 0.3) is 0 Å². The third-order valence-electron chi connectivity index (χ3n) is 3.14. The first-order chi connectivity index (χ1) is 10.8. The fourth-order valence-electron chi connectivity index (χ4n) is 2.03. The predicted octanol–water partition coefficient (Wildman–Crippen LogP) is 4.65. The van der Waals surface area contributed by atoms with E-state index in [2.05, 4.69) is 5.32 Å². The molecule has 0 fully saturated rings. The van der Waals surface area contributed by atoms with Crippen LogP contribution in [-0.2, 0) is 0 Å². The van der Waals surface area contributed by atoms with Gasteiger partial charge < -0.3 is 10.1 Å². The van der Waals surface area contributed by atoms with Gasteiger partial charge in [0.1, 0.15) is 5.75 Å². The van der Waals surface area contributed by atoms with Crippen LogP contribution in [0.15, 0.2) is 84.9 Å². The van der Waals surface area contributed by atoms with Crippen LogP contribution in [-0.4, -0.2) is 5.97 Å². The second-order valence-electron chi connectivity index (χ2n) is 4.77. The number of nitrogens with one attached hydrogen (secondary N) is 1. The smallest absolute Gasteiger partial charge is 0.343 e. The first-order valence-electron chi connectivity index (χ1n) is 7.01. The molecule has 0 atom stereocenters. The molecule has 3 aromatic carbocycles. The molecule has 22 heavy (non-hydrogen) atoms. The van der Waals surface area contributed by atoms with Gasteiger partial charge in [0, 0.05) is 11.4 Å². The maximum Gasteiger partial charge on any atom is 0.343 e. The van der Waals surface area contributed by atoms with E-state index in [9.17, 15) is 4.79 Å². The summed E-state index contributed by atoms with van der Waals surface area (Å²) in [6, 6.07) is 26.1. The van der Waals surface area contributed by atoms with Gasteiger partial charge in [-0.1, -0.05) is 36.4 Å². The zero-order chi connectivity index (χ0) is 15.2. The van der Waals surface area contributed by atoms with Crippen molar-refractivity contribution in [3.63, 3.8) is 0 Å². The maximum absolute atomic E-state index is 12.0. The highest BCUT2D eigenvalue weighted by Crippen LogP contribution is 2.20. The van der Waals surface area contributed by atoms with Gasteiger partial charge in [0.05, 0.1) is 5.56 Å². The number of anilines is 2. The van der Waals surface area contributed by atoms with Crippen molar-refractivity contribution in [2.24, 2.45) is 0 Å². The van der Waals surface area contributed by atoms with E-state index >= 15 is 0 Å². The Labute approximate surface area is 129 Å². The van der Waals surface area contributed by atoms with Gasteiger partial charge in [-0.05, 0) is 48.5 Å². The molecule has 0 aliphatic rings. The molecule has 3 heteroatoms. The topological polar surface area (TPSA) is 38.3 Å². The Morgan fingerprint density at radius 1 is 0.682 bits per heavy atom. The number of benzene rings is 3. The molecule has 3 nitrogen and oxygen atoms in total. The lowest BCUT2D eigenvalue weighted by Gasteiger charge is -2.08. The highest BCUT2D eigenvalue weighted by atomic mass is 16.5. The molecule has 0 aliphatic heterocycles. The zero-order valence-corrected chi connectivity index (χ0v) is 11.9. The molecule has 3 aromatic rings. The summed E-state index contributed by atoms with van der Waals surface area (Å²) >= 11 is 0. The van der Waals surface area contributed by atoms with Crippen LogP contribution in [0.2, 0.25) is 0 Å². The number of para-hydroxylation sites is 1. The summed E-state index contributed by atoms with van der Waals surface area (Å²) in [6.07, 6.45) is 0. The fourth-order valence-corrected chi connectivity index (χ4v) is 2.03. The van der Waals surface area contributed by atoms with E-state index in [0.717, 1.165) is 11.4 Å². The Kier molecular flexibility index (Phi) is 4.16. The van der Waals surface area contributed by atoms with Crippen molar-refractivity contribution in [1.29, 1.82) is 0 Å². The van der Waals surface area contributed by atoms with Gasteiger partial charge in [-0.25, -0.2) is 4.79 Å². The molecule has 0 radical (unpaired) electrons. The van der Waals surface area contributed by atoms with Crippen molar-refractivity contribution in [2.75, 3.05) is 5.32 Å². The number of hydrogen-bond acceptors (Lipinski definition) is 3. The average molecular weight is 289 g/mol. The molecule has 0 saturated heterocycles. The zero-order valence-electron chi connectivity index (χ0n) is 11.9. The lowest BCUT2D eigenvalue weighted by atomic mass is 10.2. The molecule has 0 heterocycles. The molecule has 0 unspecified atom stereocenters. The minimum absolute atomic E-state index is 0.357. The van der Waals surface area contributed by atoms with E-state index in [0.29, 0.717) is 11.3 Å². The van der Waals surface area contributed by atoms with Crippen LogP contribution in [0.1, 0.15) is 10.4 Å². The highest BCUT2D eigenvalue weighted by molar-refractivity contribution is 5.91. The van der Waals surface area contributed by atoms with Gasteiger partial charge in [0.15, 0.2) is 0 Å². The Morgan fingerprint density at radius 2 is 1.23 bits per heavy atom. The SMILES string of the molecule is O=C(Oc1ccc(Nc2ccccc2)cc1)c1ccccc1. The molecular formula is C19H15NO2. The van der Waals surface area contributed by atoms with E-state index in [4.69, 9.17) is 4.74 Å². The number of carbonyl (C=O) groups excluding carboxylic acids is 1. The summed E-state index contributed by atoms with van der Waals surface area (Å²) in [7, 11) is 0. The van der Waals surface area contributed by atoms with E-state index in [1.54, 1.807) is 24.3 Å². The number of rotatable bonds is 4. The van der Waals surface area contributed by atoms with E-state index < -0.39 is 0 Å². The Bertz CT molecular complexity index is 737. The van der Waals surface area contributed by atoms with Crippen LogP contribution in [0.3, 0.4) is 0 Å². The fraction of sp³-hybridized carbons (Fsp3) is 0. The minimum atomic E-state index is -0.357. The molecule has 108 valence electrons. The molecule has 0 aliphatic carbocycles. The van der Waals surface area contributed by atoms with Crippen molar-refractivity contribution in [1.82, 2.24) is 0 Å². The maximum atomic E-state index is 12.0. The Hall–Kier alpha value is -3.07. The lowest BCUT2D eigenvalue weighted by molar-refractivity contribution is 0.0735.